The molecule has 2 aromatic heterocycles. The van der Waals surface area contributed by atoms with Gasteiger partial charge in [-0.15, -0.1) is 15.3 Å². The monoisotopic (exact) mass is 244 g/mol. The van der Waals surface area contributed by atoms with Crippen LogP contribution in [0.2, 0.25) is 0 Å². The summed E-state index contributed by atoms with van der Waals surface area (Å²) in [6.07, 6.45) is 4.48. The third-order valence-electron chi connectivity index (χ3n) is 2.31. The van der Waals surface area contributed by atoms with Gasteiger partial charge in [-0.05, 0) is 26.0 Å². The Balaban J connectivity index is 2.22. The van der Waals surface area contributed by atoms with Gasteiger partial charge in [0, 0.05) is 18.8 Å². The van der Waals surface area contributed by atoms with E-state index in [2.05, 4.69) is 32.3 Å². The number of nitrogens with zero attached hydrogens (tertiary/aromatic N) is 6. The molecule has 0 aliphatic rings. The van der Waals surface area contributed by atoms with Crippen LogP contribution in [0.15, 0.2) is 34.8 Å². The number of aromatic nitrogens is 4. The zero-order chi connectivity index (χ0) is 13.0. The zero-order valence-corrected chi connectivity index (χ0v) is 10.8. The van der Waals surface area contributed by atoms with Crippen LogP contribution in [0.25, 0.3) is 5.82 Å². The van der Waals surface area contributed by atoms with E-state index < -0.39 is 0 Å². The van der Waals surface area contributed by atoms with E-state index in [4.69, 9.17) is 0 Å². The molecule has 18 heavy (non-hydrogen) atoms. The van der Waals surface area contributed by atoms with Gasteiger partial charge >= 0.3 is 0 Å². The Morgan fingerprint density at radius 3 is 2.72 bits per heavy atom. The van der Waals surface area contributed by atoms with Gasteiger partial charge in [0.05, 0.1) is 6.04 Å². The molecule has 6 heteroatoms. The van der Waals surface area contributed by atoms with Crippen LogP contribution in [0.4, 0.5) is 5.82 Å². The molecule has 2 heterocycles. The second-order valence-corrected chi connectivity index (χ2v) is 4.13. The summed E-state index contributed by atoms with van der Waals surface area (Å²) < 4.78 is 1.91. The van der Waals surface area contributed by atoms with Gasteiger partial charge in [0.15, 0.2) is 11.6 Å². The Labute approximate surface area is 106 Å². The van der Waals surface area contributed by atoms with E-state index in [1.54, 1.807) is 12.3 Å². The van der Waals surface area contributed by atoms with Crippen molar-refractivity contribution in [1.82, 2.24) is 19.7 Å². The van der Waals surface area contributed by atoms with Gasteiger partial charge in [0.1, 0.15) is 5.82 Å². The summed E-state index contributed by atoms with van der Waals surface area (Å²) in [4.78, 5) is 4.25. The second kappa shape index (κ2) is 5.48. The first-order valence-electron chi connectivity index (χ1n) is 5.98. The fourth-order valence-electron chi connectivity index (χ4n) is 1.48. The highest BCUT2D eigenvalue weighted by atomic mass is 15.3. The van der Waals surface area contributed by atoms with Crippen LogP contribution in [0.5, 0.6) is 0 Å². The molecule has 0 saturated carbocycles. The number of imidazole rings is 1. The summed E-state index contributed by atoms with van der Waals surface area (Å²) in [5.41, 5.74) is 0. The molecule has 0 unspecified atom stereocenters. The molecule has 0 aliphatic carbocycles. The van der Waals surface area contributed by atoms with Gasteiger partial charge in [-0.25, -0.2) is 4.98 Å². The summed E-state index contributed by atoms with van der Waals surface area (Å²) in [6.45, 7) is 5.98. The minimum absolute atomic E-state index is 0.159. The first-order chi connectivity index (χ1) is 8.70. The summed E-state index contributed by atoms with van der Waals surface area (Å²) in [5, 5.41) is 16.2. The van der Waals surface area contributed by atoms with Crippen molar-refractivity contribution in [3.63, 3.8) is 0 Å². The van der Waals surface area contributed by atoms with Crippen molar-refractivity contribution in [2.75, 3.05) is 0 Å². The summed E-state index contributed by atoms with van der Waals surface area (Å²) >= 11 is 0. The quantitative estimate of drug-likeness (QED) is 0.776. The van der Waals surface area contributed by atoms with E-state index in [9.17, 15) is 0 Å². The lowest BCUT2D eigenvalue weighted by atomic mass is 10.4. The molecule has 0 bridgehead atoms. The number of aryl methyl sites for hydroxylation is 1. The maximum Gasteiger partial charge on any atom is 0.196 e. The minimum Gasteiger partial charge on any atom is -0.286 e. The normalized spacial score (nSPS) is 11.6. The molecule has 0 atom stereocenters. The van der Waals surface area contributed by atoms with E-state index in [0.29, 0.717) is 5.82 Å². The van der Waals surface area contributed by atoms with Gasteiger partial charge in [0.25, 0.3) is 0 Å². The fraction of sp³-hybridized carbons (Fsp3) is 0.417. The molecule has 0 radical (unpaired) electrons. The summed E-state index contributed by atoms with van der Waals surface area (Å²) in [6, 6.07) is 3.82. The summed E-state index contributed by atoms with van der Waals surface area (Å²) in [5.74, 6) is 2.22. The van der Waals surface area contributed by atoms with Crippen molar-refractivity contribution >= 4 is 5.82 Å². The molecule has 0 N–H and O–H groups in total. The van der Waals surface area contributed by atoms with E-state index in [0.717, 1.165) is 18.1 Å². The van der Waals surface area contributed by atoms with Crippen molar-refractivity contribution in [3.05, 3.63) is 30.4 Å². The van der Waals surface area contributed by atoms with Crippen molar-refractivity contribution in [2.24, 2.45) is 10.2 Å². The van der Waals surface area contributed by atoms with Crippen LogP contribution in [0, 0.1) is 0 Å². The molecular weight excluding hydrogens is 228 g/mol. The first-order valence-corrected chi connectivity index (χ1v) is 5.98. The van der Waals surface area contributed by atoms with Crippen molar-refractivity contribution in [1.29, 1.82) is 0 Å². The fourth-order valence-corrected chi connectivity index (χ4v) is 1.48. The molecule has 6 nitrogen and oxygen atoms in total. The van der Waals surface area contributed by atoms with Crippen LogP contribution < -0.4 is 0 Å². The molecule has 2 aromatic rings. The van der Waals surface area contributed by atoms with Gasteiger partial charge in [-0.3, -0.25) is 4.57 Å². The van der Waals surface area contributed by atoms with Crippen molar-refractivity contribution in [3.8, 4) is 5.82 Å². The van der Waals surface area contributed by atoms with Crippen LogP contribution in [0.3, 0.4) is 0 Å². The zero-order valence-electron chi connectivity index (χ0n) is 10.8. The van der Waals surface area contributed by atoms with Gasteiger partial charge in [-0.2, -0.15) is 5.11 Å². The minimum atomic E-state index is 0.159. The van der Waals surface area contributed by atoms with E-state index in [1.807, 2.05) is 30.7 Å². The van der Waals surface area contributed by atoms with Crippen LogP contribution >= 0.6 is 0 Å². The van der Waals surface area contributed by atoms with Crippen molar-refractivity contribution < 1.29 is 0 Å². The highest BCUT2D eigenvalue weighted by Gasteiger charge is 2.04. The Morgan fingerprint density at radius 1 is 1.28 bits per heavy atom. The van der Waals surface area contributed by atoms with Gasteiger partial charge in [0.2, 0.25) is 0 Å². The van der Waals surface area contributed by atoms with Crippen LogP contribution in [-0.4, -0.2) is 25.8 Å². The van der Waals surface area contributed by atoms with E-state index in [1.165, 1.54) is 0 Å². The highest BCUT2D eigenvalue weighted by Crippen LogP contribution is 2.12. The maximum atomic E-state index is 4.25. The Kier molecular flexibility index (Phi) is 3.76. The smallest absolute Gasteiger partial charge is 0.196 e. The standard InChI is InChI=1S/C12H16N6/c1-4-11-13-7-8-18(11)12-6-5-10(16-17-12)15-14-9(2)3/h5-9H,4H2,1-3H3. The molecule has 0 amide bonds. The third-order valence-corrected chi connectivity index (χ3v) is 2.31. The van der Waals surface area contributed by atoms with Gasteiger partial charge in [-0.1, -0.05) is 6.92 Å². The Hall–Kier alpha value is -2.11. The second-order valence-electron chi connectivity index (χ2n) is 4.13. The SMILES string of the molecule is CCc1nccn1-c1ccc(N=NC(C)C)nn1. The first kappa shape index (κ1) is 12.3. The largest absolute Gasteiger partial charge is 0.286 e. The Morgan fingerprint density at radius 2 is 2.11 bits per heavy atom. The lowest BCUT2D eigenvalue weighted by Crippen LogP contribution is -2.02. The van der Waals surface area contributed by atoms with E-state index in [-0.39, 0.29) is 6.04 Å². The average molecular weight is 244 g/mol. The molecule has 0 spiro atoms. The predicted octanol–water partition coefficient (Wildman–Crippen LogP) is 2.72. The van der Waals surface area contributed by atoms with Crippen LogP contribution in [-0.2, 0) is 6.42 Å². The Bertz CT molecular complexity index is 526. The molecule has 94 valence electrons. The molecule has 0 aromatic carbocycles. The maximum absolute atomic E-state index is 4.25. The third kappa shape index (κ3) is 2.77. The molecular formula is C12H16N6. The average Bonchev–Trinajstić information content (AvgIpc) is 2.85. The predicted molar refractivity (Wildman–Crippen MR) is 68.2 cm³/mol. The molecule has 0 fully saturated rings. The topological polar surface area (TPSA) is 68.3 Å². The van der Waals surface area contributed by atoms with E-state index >= 15 is 0 Å². The number of rotatable bonds is 4. The van der Waals surface area contributed by atoms with Crippen LogP contribution in [0.1, 0.15) is 26.6 Å². The lowest BCUT2D eigenvalue weighted by molar-refractivity contribution is 0.768. The van der Waals surface area contributed by atoms with Crippen molar-refractivity contribution in [2.45, 2.75) is 33.2 Å². The molecule has 0 aliphatic heterocycles. The summed E-state index contributed by atoms with van der Waals surface area (Å²) in [7, 11) is 0. The highest BCUT2D eigenvalue weighted by molar-refractivity contribution is 5.31. The number of hydrogen-bond donors (Lipinski definition) is 0. The number of azo groups is 1. The molecule has 2 rings (SSSR count). The lowest BCUT2D eigenvalue weighted by Gasteiger charge is -2.03. The number of hydrogen-bond acceptors (Lipinski definition) is 5. The van der Waals surface area contributed by atoms with Gasteiger partial charge < -0.3 is 0 Å². The molecule has 0 saturated heterocycles.